The van der Waals surface area contributed by atoms with Gasteiger partial charge < -0.3 is 0 Å². The normalized spacial score (nSPS) is 20.2. The summed E-state index contributed by atoms with van der Waals surface area (Å²) in [7, 11) is -2.00. The van der Waals surface area contributed by atoms with Gasteiger partial charge in [0.1, 0.15) is 0 Å². The number of allylic oxidation sites excluding steroid dienone is 2. The van der Waals surface area contributed by atoms with E-state index >= 15 is 0 Å². The van der Waals surface area contributed by atoms with Gasteiger partial charge in [-0.2, -0.15) is 0 Å². The second kappa shape index (κ2) is 7.60. The first-order valence-corrected chi connectivity index (χ1v) is 13.9. The molecule has 0 saturated heterocycles. The van der Waals surface area contributed by atoms with Crippen molar-refractivity contribution in [3.63, 3.8) is 0 Å². The standard InChI is InChI=1S/C25H27NO2Si/c1-29(2,3)25(26-23(27)21-15-9-10-16-22(21)24(26)28)20-14-8-7-13-19(20)17-18-11-5-4-6-12-18/h4-6,9-12,15-17H,7-8,13-14H2,1-3H3/b19-17+,25-20-. The second-order valence-corrected chi connectivity index (χ2v) is 13.8. The minimum absolute atomic E-state index is 0.167. The first kappa shape index (κ1) is 19.6. The number of rotatable bonds is 3. The zero-order valence-electron chi connectivity index (χ0n) is 17.4. The van der Waals surface area contributed by atoms with Crippen molar-refractivity contribution in [2.75, 3.05) is 0 Å². The summed E-state index contributed by atoms with van der Waals surface area (Å²) in [6.07, 6.45) is 6.39. The Labute approximate surface area is 173 Å². The maximum absolute atomic E-state index is 13.3. The van der Waals surface area contributed by atoms with Crippen LogP contribution < -0.4 is 0 Å². The molecule has 4 heteroatoms. The topological polar surface area (TPSA) is 37.4 Å². The molecule has 0 bridgehead atoms. The van der Waals surface area contributed by atoms with Crippen molar-refractivity contribution in [3.05, 3.63) is 87.8 Å². The van der Waals surface area contributed by atoms with Crippen molar-refractivity contribution < 1.29 is 9.59 Å². The van der Waals surface area contributed by atoms with Crippen molar-refractivity contribution >= 4 is 26.0 Å². The molecule has 2 amide bonds. The molecule has 0 unspecified atom stereocenters. The smallest absolute Gasteiger partial charge is 0.265 e. The number of imide groups is 1. The van der Waals surface area contributed by atoms with Crippen LogP contribution in [0.15, 0.2) is 71.1 Å². The van der Waals surface area contributed by atoms with E-state index in [0.717, 1.165) is 31.0 Å². The van der Waals surface area contributed by atoms with Gasteiger partial charge >= 0.3 is 0 Å². The highest BCUT2D eigenvalue weighted by Gasteiger charge is 2.43. The molecular formula is C25H27NO2Si. The van der Waals surface area contributed by atoms with E-state index in [9.17, 15) is 9.59 Å². The Morgan fingerprint density at radius 2 is 1.38 bits per heavy atom. The van der Waals surface area contributed by atoms with Crippen LogP contribution in [-0.4, -0.2) is 24.8 Å². The largest absolute Gasteiger partial charge is 0.268 e. The number of benzene rings is 2. The lowest BCUT2D eigenvalue weighted by Crippen LogP contribution is -2.42. The van der Waals surface area contributed by atoms with E-state index in [1.54, 1.807) is 12.1 Å². The molecule has 4 rings (SSSR count). The van der Waals surface area contributed by atoms with Crippen LogP contribution in [0.2, 0.25) is 19.6 Å². The van der Waals surface area contributed by atoms with Crippen LogP contribution in [0.25, 0.3) is 6.08 Å². The quantitative estimate of drug-likeness (QED) is 0.462. The zero-order valence-corrected chi connectivity index (χ0v) is 18.4. The van der Waals surface area contributed by atoms with Crippen molar-refractivity contribution in [3.8, 4) is 0 Å². The Morgan fingerprint density at radius 1 is 0.828 bits per heavy atom. The van der Waals surface area contributed by atoms with Crippen molar-refractivity contribution in [1.29, 1.82) is 0 Å². The fourth-order valence-electron chi connectivity index (χ4n) is 4.42. The van der Waals surface area contributed by atoms with Gasteiger partial charge in [0.25, 0.3) is 11.8 Å². The van der Waals surface area contributed by atoms with E-state index in [1.165, 1.54) is 21.6 Å². The van der Waals surface area contributed by atoms with Gasteiger partial charge in [0, 0.05) is 5.32 Å². The molecule has 3 nitrogen and oxygen atoms in total. The van der Waals surface area contributed by atoms with E-state index in [4.69, 9.17) is 0 Å². The lowest BCUT2D eigenvalue weighted by molar-refractivity contribution is 0.0711. The maximum Gasteiger partial charge on any atom is 0.265 e. The molecule has 0 spiro atoms. The highest BCUT2D eigenvalue weighted by molar-refractivity contribution is 6.83. The fraction of sp³-hybridized carbons (Fsp3) is 0.280. The molecule has 148 valence electrons. The molecule has 1 aliphatic carbocycles. The number of hydrogen-bond donors (Lipinski definition) is 0. The Hall–Kier alpha value is -2.72. The summed E-state index contributed by atoms with van der Waals surface area (Å²) < 4.78 is 0. The molecule has 1 heterocycles. The Bertz CT molecular complexity index is 993. The van der Waals surface area contributed by atoms with E-state index in [2.05, 4.69) is 37.8 Å². The third-order valence-corrected chi connectivity index (χ3v) is 7.61. The van der Waals surface area contributed by atoms with E-state index < -0.39 is 8.07 Å². The molecular weight excluding hydrogens is 374 g/mol. The average molecular weight is 402 g/mol. The van der Waals surface area contributed by atoms with Gasteiger partial charge in [0.2, 0.25) is 0 Å². The van der Waals surface area contributed by atoms with Crippen LogP contribution in [0, 0.1) is 0 Å². The number of fused-ring (bicyclic) bond motifs is 1. The second-order valence-electron chi connectivity index (χ2n) is 8.86. The Balaban J connectivity index is 1.89. The molecule has 0 aromatic heterocycles. The van der Waals surface area contributed by atoms with Crippen LogP contribution >= 0.6 is 0 Å². The molecule has 0 N–H and O–H groups in total. The third kappa shape index (κ3) is 3.65. The average Bonchev–Trinajstić information content (AvgIpc) is 2.95. The lowest BCUT2D eigenvalue weighted by atomic mass is 9.88. The molecule has 29 heavy (non-hydrogen) atoms. The van der Waals surface area contributed by atoms with Gasteiger partial charge in [-0.3, -0.25) is 14.5 Å². The molecule has 2 aliphatic rings. The molecule has 1 saturated carbocycles. The molecule has 2 aromatic rings. The molecule has 1 fully saturated rings. The Morgan fingerprint density at radius 3 is 1.97 bits per heavy atom. The van der Waals surface area contributed by atoms with Gasteiger partial charge in [-0.1, -0.05) is 68.2 Å². The van der Waals surface area contributed by atoms with Crippen LogP contribution in [0.1, 0.15) is 52.0 Å². The number of carbonyl (C=O) groups excluding carboxylic acids is 2. The van der Waals surface area contributed by atoms with Crippen LogP contribution in [0.5, 0.6) is 0 Å². The predicted molar refractivity (Wildman–Crippen MR) is 120 cm³/mol. The predicted octanol–water partition coefficient (Wildman–Crippen LogP) is 6.07. The molecule has 0 atom stereocenters. The minimum atomic E-state index is -2.00. The summed E-state index contributed by atoms with van der Waals surface area (Å²) in [5.41, 5.74) is 4.71. The number of nitrogens with zero attached hydrogens (tertiary/aromatic N) is 1. The van der Waals surface area contributed by atoms with Crippen molar-refractivity contribution in [2.45, 2.75) is 45.3 Å². The number of hydrogen-bond acceptors (Lipinski definition) is 2. The van der Waals surface area contributed by atoms with Crippen LogP contribution in [0.4, 0.5) is 0 Å². The number of amides is 2. The van der Waals surface area contributed by atoms with Gasteiger partial charge in [0.05, 0.1) is 19.2 Å². The van der Waals surface area contributed by atoms with E-state index in [1.807, 2.05) is 30.3 Å². The van der Waals surface area contributed by atoms with Crippen molar-refractivity contribution in [1.82, 2.24) is 4.90 Å². The first-order valence-electron chi connectivity index (χ1n) is 10.4. The highest BCUT2D eigenvalue weighted by atomic mass is 28.3. The third-order valence-electron chi connectivity index (χ3n) is 5.66. The van der Waals surface area contributed by atoms with Crippen LogP contribution in [0.3, 0.4) is 0 Å². The summed E-state index contributed by atoms with van der Waals surface area (Å²) in [6, 6.07) is 17.5. The number of carbonyl (C=O) groups is 2. The van der Waals surface area contributed by atoms with Crippen LogP contribution in [-0.2, 0) is 0 Å². The van der Waals surface area contributed by atoms with Gasteiger partial charge in [-0.05, 0) is 54.5 Å². The summed E-state index contributed by atoms with van der Waals surface area (Å²) in [4.78, 5) is 28.1. The monoisotopic (exact) mass is 401 g/mol. The Kier molecular flexibility index (Phi) is 5.13. The van der Waals surface area contributed by atoms with Gasteiger partial charge in [-0.25, -0.2) is 0 Å². The van der Waals surface area contributed by atoms with Crippen molar-refractivity contribution in [2.24, 2.45) is 0 Å². The first-order chi connectivity index (χ1) is 13.9. The van der Waals surface area contributed by atoms with Gasteiger partial charge in [-0.15, -0.1) is 0 Å². The summed E-state index contributed by atoms with van der Waals surface area (Å²) in [5, 5.41) is 0.991. The van der Waals surface area contributed by atoms with Gasteiger partial charge in [0.15, 0.2) is 0 Å². The zero-order chi connectivity index (χ0) is 20.6. The molecule has 1 aliphatic heterocycles. The van der Waals surface area contributed by atoms with E-state index in [-0.39, 0.29) is 11.8 Å². The summed E-state index contributed by atoms with van der Waals surface area (Å²) in [6.45, 7) is 6.69. The maximum atomic E-state index is 13.3. The SMILES string of the molecule is C[Si](C)(C)/C(=C1/CCCC/C1=C\c1ccccc1)N1C(=O)c2ccccc2C1=O. The minimum Gasteiger partial charge on any atom is -0.268 e. The van der Waals surface area contributed by atoms with E-state index in [0.29, 0.717) is 11.1 Å². The molecule has 0 radical (unpaired) electrons. The lowest BCUT2D eigenvalue weighted by Gasteiger charge is -2.34. The summed E-state index contributed by atoms with van der Waals surface area (Å²) in [5.74, 6) is -0.333. The molecule has 2 aromatic carbocycles. The highest BCUT2D eigenvalue weighted by Crippen LogP contribution is 2.39. The fourth-order valence-corrected chi connectivity index (χ4v) is 6.49. The summed E-state index contributed by atoms with van der Waals surface area (Å²) >= 11 is 0.